The van der Waals surface area contributed by atoms with E-state index in [9.17, 15) is 51.0 Å². The molecule has 2 radical (unpaired) electrons. The van der Waals surface area contributed by atoms with Crippen molar-refractivity contribution in [3.63, 3.8) is 0 Å². The summed E-state index contributed by atoms with van der Waals surface area (Å²) >= 11 is 8.33. The average Bonchev–Trinajstić information content (AvgIpc) is 1.64. The third-order valence-corrected chi connectivity index (χ3v) is 15.8. The molecule has 0 unspecified atom stereocenters. The van der Waals surface area contributed by atoms with Crippen LogP contribution < -0.4 is 30.2 Å². The molecule has 0 fully saturated rings. The normalized spacial score (nSPS) is 11.6. The van der Waals surface area contributed by atoms with Crippen molar-refractivity contribution in [3.8, 4) is 73.9 Å². The van der Waals surface area contributed by atoms with Crippen molar-refractivity contribution < 1.29 is 54.8 Å². The Labute approximate surface area is 554 Å². The molecule has 0 aliphatic carbocycles. The number of non-ortho nitro benzene ring substituents is 1. The fourth-order valence-corrected chi connectivity index (χ4v) is 11.0. The Hall–Kier alpha value is -11.2. The molecule has 0 amide bonds. The number of aromatic nitrogens is 9. The van der Waals surface area contributed by atoms with Crippen molar-refractivity contribution in [2.24, 2.45) is 0 Å². The number of alkyl halides is 6. The summed E-state index contributed by atoms with van der Waals surface area (Å²) in [6.45, 7) is 12.2. The molecular weight excluding hydrogens is 1340 g/mol. The summed E-state index contributed by atoms with van der Waals surface area (Å²) in [5.74, 6) is 0.400. The molecule has 0 aliphatic heterocycles. The number of hydrogen-bond donors (Lipinski definition) is 2. The van der Waals surface area contributed by atoms with E-state index in [-0.39, 0.29) is 35.2 Å². The van der Waals surface area contributed by atoms with Gasteiger partial charge < -0.3 is 30.1 Å². The van der Waals surface area contributed by atoms with Gasteiger partial charge >= 0.3 is 192 Å². The van der Waals surface area contributed by atoms with Crippen LogP contribution in [0, 0.1) is 37.4 Å². The number of nitrogens with zero attached hydrogens (tertiary/aromatic N) is 12. The predicted molar refractivity (Wildman–Crippen MR) is 347 cm³/mol. The SMILES string of the molecule is CC(C)n1cc(-c2ccc(Oc3c(Cl)cc(C(F)(F)F)cc3[N+](=O)[O-])cc2)c2c(N)ncnc21.CC(C)n1cc(-c2ccc(Oc3ccc(F)cc3C#N)cc2)c2c(N)ncnc21.CC(C)n1cc(-c2ccc(Oc3ccc([N+](=O)[O-])cc3C(F)(F)F)cc2)c2c([As])ncnc21. The van der Waals surface area contributed by atoms with Gasteiger partial charge in [0.2, 0.25) is 5.75 Å². The molecule has 6 heterocycles. The number of nitro groups is 2. The molecule has 0 saturated heterocycles. The molecule has 4 N–H and O–H groups in total. The zero-order valence-corrected chi connectivity index (χ0v) is 53.7. The number of nitriles is 1. The summed E-state index contributed by atoms with van der Waals surface area (Å²) in [5.41, 5.74) is 15.7. The summed E-state index contributed by atoms with van der Waals surface area (Å²) in [7, 11) is 0. The second-order valence-electron chi connectivity index (χ2n) is 22.1. The van der Waals surface area contributed by atoms with Crippen molar-refractivity contribution in [1.82, 2.24) is 43.6 Å². The number of hydrogen-bond acceptors (Lipinski definition) is 16. The van der Waals surface area contributed by atoms with E-state index in [1.165, 1.54) is 43.2 Å². The zero-order chi connectivity index (χ0) is 69.2. The zero-order valence-electron chi connectivity index (χ0n) is 51.1. The first kappa shape index (κ1) is 67.7. The first-order valence-electron chi connectivity index (χ1n) is 28.7. The molecule has 21 nitrogen and oxygen atoms in total. The van der Waals surface area contributed by atoms with Crippen molar-refractivity contribution in [3.05, 3.63) is 207 Å². The van der Waals surface area contributed by atoms with E-state index in [0.29, 0.717) is 52.4 Å². The van der Waals surface area contributed by atoms with Crippen LogP contribution in [0.4, 0.5) is 53.7 Å². The van der Waals surface area contributed by atoms with Crippen molar-refractivity contribution in [2.75, 3.05) is 11.5 Å². The van der Waals surface area contributed by atoms with Crippen LogP contribution in [0.25, 0.3) is 66.5 Å². The van der Waals surface area contributed by atoms with E-state index in [4.69, 9.17) is 42.5 Å². The molecule has 0 saturated carbocycles. The van der Waals surface area contributed by atoms with Gasteiger partial charge in [0.1, 0.15) is 64.7 Å². The Morgan fingerprint density at radius 3 is 1.41 bits per heavy atom. The molecule has 12 rings (SSSR count). The molecule has 0 bridgehead atoms. The minimum absolute atomic E-state index is 0.107. The molecule has 96 heavy (non-hydrogen) atoms. The van der Waals surface area contributed by atoms with Crippen LogP contribution in [0.5, 0.6) is 34.5 Å². The number of fused-ring (bicyclic) bond motifs is 3. The fraction of sp³-hybridized carbons (Fsp3) is 0.167. The quantitative estimate of drug-likeness (QED) is 0.0443. The monoisotopic (exact) mass is 1390 g/mol. The van der Waals surface area contributed by atoms with E-state index in [1.54, 1.807) is 48.5 Å². The summed E-state index contributed by atoms with van der Waals surface area (Å²) < 4.78 is 116. The van der Waals surface area contributed by atoms with Crippen molar-refractivity contribution >= 4 is 89.0 Å². The number of benzene rings is 6. The van der Waals surface area contributed by atoms with Gasteiger partial charge in [0.05, 0.1) is 36.8 Å². The Balaban J connectivity index is 0.000000157. The van der Waals surface area contributed by atoms with Crippen LogP contribution >= 0.6 is 11.6 Å². The first-order valence-corrected chi connectivity index (χ1v) is 30.0. The van der Waals surface area contributed by atoms with Gasteiger partial charge in [0.25, 0.3) is 0 Å². The number of rotatable bonds is 14. The van der Waals surface area contributed by atoms with Crippen LogP contribution in [0.15, 0.2) is 159 Å². The summed E-state index contributed by atoms with van der Waals surface area (Å²) in [6.07, 6.45) is 0.625. The Kier molecular flexibility index (Phi) is 19.3. The molecule has 488 valence electrons. The van der Waals surface area contributed by atoms with Crippen LogP contribution in [-0.2, 0) is 12.4 Å². The Bertz CT molecular complexity index is 4980. The number of anilines is 2. The number of nitrogens with two attached hydrogens (primary N) is 2. The molecular formula is C66H51AsClF7N14O7. The van der Waals surface area contributed by atoms with Crippen molar-refractivity contribution in [1.29, 1.82) is 5.26 Å². The van der Waals surface area contributed by atoms with Crippen LogP contribution in [0.3, 0.4) is 0 Å². The van der Waals surface area contributed by atoms with Crippen molar-refractivity contribution in [2.45, 2.75) is 72.0 Å². The van der Waals surface area contributed by atoms with Gasteiger partial charge in [-0.25, -0.2) is 24.3 Å². The van der Waals surface area contributed by atoms with Gasteiger partial charge in [-0.3, -0.25) is 20.2 Å². The standard InChI is InChI=1S/C22H16AsF3N4O3.C22H17ClF3N5O3.C22H18FN5O/c1-12(2)29-10-16(19-20(23)27-11-28-21(19)29)13-3-6-15(7-4-13)33-18-8-5-14(30(31)32)9-17(18)22(24,25)26;1-11(2)30-9-15(18-20(27)28-10-29-21(18)30)12-3-5-14(6-4-12)34-19-16(23)7-13(22(24,25)26)8-17(19)31(32)33;1-13(2)28-11-18(20-21(25)26-12-27-22(20)28)14-3-6-17(7-4-14)29-19-8-5-16(23)9-15(19)10-24/h3-12H,1-2H3;3-11H,1-2H3,(H2,27,28,29);3-9,11-13H,1-2H3,(H2,25,26,27). The summed E-state index contributed by atoms with van der Waals surface area (Å²) in [6, 6.07) is 30.0. The fourth-order valence-electron chi connectivity index (χ4n) is 10.2. The van der Waals surface area contributed by atoms with E-state index < -0.39 is 67.0 Å². The maximum absolute atomic E-state index is 13.4. The van der Waals surface area contributed by atoms with Gasteiger partial charge in [0.15, 0.2) is 0 Å². The van der Waals surface area contributed by atoms with E-state index in [0.717, 1.165) is 78.1 Å². The van der Waals surface area contributed by atoms with Gasteiger partial charge in [-0.2, -0.15) is 18.4 Å². The van der Waals surface area contributed by atoms with E-state index in [1.807, 2.05) is 73.6 Å². The Morgan fingerprint density at radius 2 is 0.979 bits per heavy atom. The third-order valence-electron chi connectivity index (χ3n) is 14.8. The number of nitrogen functional groups attached to an aromatic ring is 2. The first-order chi connectivity index (χ1) is 45.5. The summed E-state index contributed by atoms with van der Waals surface area (Å²) in [4.78, 5) is 46.0. The second kappa shape index (κ2) is 27.4. The average molecular weight is 1400 g/mol. The molecule has 6 aromatic heterocycles. The van der Waals surface area contributed by atoms with Crippen LogP contribution in [0.2, 0.25) is 5.02 Å². The van der Waals surface area contributed by atoms with Gasteiger partial charge in [-0.15, -0.1) is 0 Å². The van der Waals surface area contributed by atoms with Crippen LogP contribution in [0.1, 0.15) is 76.4 Å². The number of nitro benzene ring substituents is 2. The third kappa shape index (κ3) is 14.3. The molecule has 0 aliphatic rings. The second-order valence-corrected chi connectivity index (χ2v) is 23.4. The van der Waals surface area contributed by atoms with Crippen LogP contribution in [-0.4, -0.2) is 70.3 Å². The molecule has 12 aromatic rings. The van der Waals surface area contributed by atoms with E-state index in [2.05, 4.69) is 65.2 Å². The van der Waals surface area contributed by atoms with Gasteiger partial charge in [-0.1, -0.05) is 35.9 Å². The van der Waals surface area contributed by atoms with Gasteiger partial charge in [-0.05, 0) is 87.4 Å². The van der Waals surface area contributed by atoms with Gasteiger partial charge in [0, 0.05) is 41.7 Å². The molecule has 0 atom stereocenters. The molecule has 30 heteroatoms. The topological polar surface area (TPSA) is 282 Å². The minimum atomic E-state index is -4.81. The number of ether oxygens (including phenoxy) is 3. The molecule has 0 spiro atoms. The summed E-state index contributed by atoms with van der Waals surface area (Å²) in [5, 5.41) is 33.2. The molecule has 6 aromatic carbocycles. The van der Waals surface area contributed by atoms with E-state index >= 15 is 0 Å². The Morgan fingerprint density at radius 1 is 0.552 bits per heavy atom. The predicted octanol–water partition coefficient (Wildman–Crippen LogP) is 16.9. The number of halogens is 8. The maximum atomic E-state index is 13.4.